The van der Waals surface area contributed by atoms with Gasteiger partial charge in [0.25, 0.3) is 0 Å². The molecule has 1 N–H and O–H groups in total. The van der Waals surface area contributed by atoms with Gasteiger partial charge in [0.15, 0.2) is 0 Å². The average Bonchev–Trinajstić information content (AvgIpc) is 2.37. The standard InChI is InChI=1S/C14H18N2O/c1-3-17-10-11(2)16-14-8-4-7-13-12(14)6-5-9-15-13/h4-9,11,16H,3,10H2,1-2H3. The Kier molecular flexibility index (Phi) is 3.94. The number of anilines is 1. The third-order valence-corrected chi connectivity index (χ3v) is 2.62. The first-order valence-corrected chi connectivity index (χ1v) is 5.99. The molecule has 1 unspecified atom stereocenters. The number of pyridine rings is 1. The number of ether oxygens (including phenoxy) is 1. The highest BCUT2D eigenvalue weighted by molar-refractivity contribution is 5.91. The first-order chi connectivity index (χ1) is 8.31. The van der Waals surface area contributed by atoms with Crippen LogP contribution < -0.4 is 5.32 Å². The van der Waals surface area contributed by atoms with Crippen molar-refractivity contribution in [2.45, 2.75) is 19.9 Å². The van der Waals surface area contributed by atoms with E-state index in [1.54, 1.807) is 0 Å². The molecule has 1 aromatic heterocycles. The van der Waals surface area contributed by atoms with Crippen molar-refractivity contribution in [2.24, 2.45) is 0 Å². The maximum atomic E-state index is 5.40. The van der Waals surface area contributed by atoms with E-state index in [-0.39, 0.29) is 0 Å². The molecule has 90 valence electrons. The van der Waals surface area contributed by atoms with E-state index in [4.69, 9.17) is 4.74 Å². The van der Waals surface area contributed by atoms with Crippen molar-refractivity contribution in [3.05, 3.63) is 36.5 Å². The smallest absolute Gasteiger partial charge is 0.0722 e. The van der Waals surface area contributed by atoms with Crippen LogP contribution in [0, 0.1) is 0 Å². The Hall–Kier alpha value is -1.61. The second-order valence-corrected chi connectivity index (χ2v) is 4.08. The summed E-state index contributed by atoms with van der Waals surface area (Å²) in [7, 11) is 0. The van der Waals surface area contributed by atoms with Gasteiger partial charge in [-0.1, -0.05) is 6.07 Å². The Balaban J connectivity index is 2.18. The van der Waals surface area contributed by atoms with Crippen molar-refractivity contribution < 1.29 is 4.74 Å². The molecule has 0 fully saturated rings. The number of nitrogens with one attached hydrogen (secondary N) is 1. The second-order valence-electron chi connectivity index (χ2n) is 4.08. The van der Waals surface area contributed by atoms with Crippen LogP contribution in [0.15, 0.2) is 36.5 Å². The summed E-state index contributed by atoms with van der Waals surface area (Å²) in [6.07, 6.45) is 1.82. The van der Waals surface area contributed by atoms with E-state index >= 15 is 0 Å². The lowest BCUT2D eigenvalue weighted by atomic mass is 10.1. The lowest BCUT2D eigenvalue weighted by molar-refractivity contribution is 0.141. The van der Waals surface area contributed by atoms with Gasteiger partial charge in [-0.25, -0.2) is 0 Å². The predicted octanol–water partition coefficient (Wildman–Crippen LogP) is 3.07. The van der Waals surface area contributed by atoms with Gasteiger partial charge < -0.3 is 10.1 Å². The molecule has 1 aromatic carbocycles. The van der Waals surface area contributed by atoms with E-state index in [9.17, 15) is 0 Å². The van der Waals surface area contributed by atoms with Crippen molar-refractivity contribution >= 4 is 16.6 Å². The minimum absolute atomic E-state index is 0.292. The second kappa shape index (κ2) is 5.64. The summed E-state index contributed by atoms with van der Waals surface area (Å²) in [5, 5.41) is 4.61. The molecule has 17 heavy (non-hydrogen) atoms. The van der Waals surface area contributed by atoms with Gasteiger partial charge in [-0.15, -0.1) is 0 Å². The number of rotatable bonds is 5. The lowest BCUT2D eigenvalue weighted by Crippen LogP contribution is -2.21. The zero-order valence-corrected chi connectivity index (χ0v) is 10.3. The number of benzene rings is 1. The summed E-state index contributed by atoms with van der Waals surface area (Å²) in [6.45, 7) is 5.59. The average molecular weight is 230 g/mol. The molecule has 0 aliphatic heterocycles. The monoisotopic (exact) mass is 230 g/mol. The molecule has 0 aliphatic rings. The molecular formula is C14H18N2O. The molecule has 0 saturated carbocycles. The molecule has 0 bridgehead atoms. The highest BCUT2D eigenvalue weighted by Gasteiger charge is 2.05. The number of hydrogen-bond donors (Lipinski definition) is 1. The van der Waals surface area contributed by atoms with Crippen LogP contribution in [-0.2, 0) is 4.74 Å². The van der Waals surface area contributed by atoms with Gasteiger partial charge in [0.2, 0.25) is 0 Å². The number of hydrogen-bond acceptors (Lipinski definition) is 3. The highest BCUT2D eigenvalue weighted by Crippen LogP contribution is 2.21. The summed E-state index contributed by atoms with van der Waals surface area (Å²) < 4.78 is 5.40. The Morgan fingerprint density at radius 1 is 1.29 bits per heavy atom. The summed E-state index contributed by atoms with van der Waals surface area (Å²) in [5.74, 6) is 0. The Labute approximate surface area is 102 Å². The molecule has 1 atom stereocenters. The molecule has 2 aromatic rings. The van der Waals surface area contributed by atoms with E-state index in [0.29, 0.717) is 12.6 Å². The van der Waals surface area contributed by atoms with Crippen LogP contribution in [0.4, 0.5) is 5.69 Å². The molecule has 0 radical (unpaired) electrons. The number of fused-ring (bicyclic) bond motifs is 1. The molecule has 0 saturated heterocycles. The van der Waals surface area contributed by atoms with E-state index in [1.807, 2.05) is 31.3 Å². The van der Waals surface area contributed by atoms with Crippen molar-refractivity contribution in [3.63, 3.8) is 0 Å². The first-order valence-electron chi connectivity index (χ1n) is 5.99. The maximum absolute atomic E-state index is 5.40. The molecule has 0 amide bonds. The van der Waals surface area contributed by atoms with Crippen LogP contribution in [-0.4, -0.2) is 24.2 Å². The fraction of sp³-hybridized carbons (Fsp3) is 0.357. The van der Waals surface area contributed by atoms with Crippen LogP contribution in [0.2, 0.25) is 0 Å². The van der Waals surface area contributed by atoms with E-state index in [0.717, 1.165) is 23.2 Å². The van der Waals surface area contributed by atoms with Crippen molar-refractivity contribution in [1.29, 1.82) is 0 Å². The quantitative estimate of drug-likeness (QED) is 0.857. The van der Waals surface area contributed by atoms with Crippen molar-refractivity contribution in [1.82, 2.24) is 4.98 Å². The van der Waals surface area contributed by atoms with Crippen LogP contribution in [0.5, 0.6) is 0 Å². The van der Waals surface area contributed by atoms with Crippen LogP contribution in [0.3, 0.4) is 0 Å². The zero-order chi connectivity index (χ0) is 12.1. The minimum atomic E-state index is 0.292. The molecule has 1 heterocycles. The SMILES string of the molecule is CCOCC(C)Nc1cccc2ncccc12. The molecular weight excluding hydrogens is 212 g/mol. The van der Waals surface area contributed by atoms with E-state index < -0.39 is 0 Å². The third-order valence-electron chi connectivity index (χ3n) is 2.62. The molecule has 0 spiro atoms. The van der Waals surface area contributed by atoms with Crippen molar-refractivity contribution in [3.8, 4) is 0 Å². The molecule has 3 heteroatoms. The minimum Gasteiger partial charge on any atom is -0.380 e. The lowest BCUT2D eigenvalue weighted by Gasteiger charge is -2.16. The maximum Gasteiger partial charge on any atom is 0.0722 e. The number of aromatic nitrogens is 1. The Morgan fingerprint density at radius 2 is 2.18 bits per heavy atom. The third kappa shape index (κ3) is 2.94. The normalized spacial score (nSPS) is 12.6. The summed E-state index contributed by atoms with van der Waals surface area (Å²) in [5.41, 5.74) is 2.13. The van der Waals surface area contributed by atoms with Gasteiger partial charge in [0.05, 0.1) is 12.1 Å². The van der Waals surface area contributed by atoms with Crippen LogP contribution >= 0.6 is 0 Å². The molecule has 0 aliphatic carbocycles. The van der Waals surface area contributed by atoms with Crippen LogP contribution in [0.1, 0.15) is 13.8 Å². The molecule has 2 rings (SSSR count). The van der Waals surface area contributed by atoms with Gasteiger partial charge in [-0.3, -0.25) is 4.98 Å². The summed E-state index contributed by atoms with van der Waals surface area (Å²) in [4.78, 5) is 4.34. The van der Waals surface area contributed by atoms with Crippen LogP contribution in [0.25, 0.3) is 10.9 Å². The van der Waals surface area contributed by atoms with Gasteiger partial charge in [-0.2, -0.15) is 0 Å². The fourth-order valence-electron chi connectivity index (χ4n) is 1.83. The largest absolute Gasteiger partial charge is 0.380 e. The topological polar surface area (TPSA) is 34.1 Å². The Bertz CT molecular complexity index is 479. The van der Waals surface area contributed by atoms with Gasteiger partial charge >= 0.3 is 0 Å². The summed E-state index contributed by atoms with van der Waals surface area (Å²) in [6, 6.07) is 10.4. The van der Waals surface area contributed by atoms with Gasteiger partial charge in [0, 0.05) is 29.9 Å². The predicted molar refractivity (Wildman–Crippen MR) is 71.3 cm³/mol. The highest BCUT2D eigenvalue weighted by atomic mass is 16.5. The fourth-order valence-corrected chi connectivity index (χ4v) is 1.83. The van der Waals surface area contributed by atoms with E-state index in [2.05, 4.69) is 29.4 Å². The molecule has 3 nitrogen and oxygen atoms in total. The number of nitrogens with zero attached hydrogens (tertiary/aromatic N) is 1. The summed E-state index contributed by atoms with van der Waals surface area (Å²) >= 11 is 0. The van der Waals surface area contributed by atoms with E-state index in [1.165, 1.54) is 0 Å². The Morgan fingerprint density at radius 3 is 3.00 bits per heavy atom. The van der Waals surface area contributed by atoms with Gasteiger partial charge in [0.1, 0.15) is 0 Å². The van der Waals surface area contributed by atoms with Gasteiger partial charge in [-0.05, 0) is 38.1 Å². The van der Waals surface area contributed by atoms with Crippen molar-refractivity contribution in [2.75, 3.05) is 18.5 Å². The zero-order valence-electron chi connectivity index (χ0n) is 10.3. The first kappa shape index (κ1) is 11.9.